The third-order valence-corrected chi connectivity index (χ3v) is 9.42. The Morgan fingerprint density at radius 3 is 2.71 bits per heavy atom. The molecule has 1 amide bonds. The molecule has 4 rings (SSSR count). The predicted octanol–water partition coefficient (Wildman–Crippen LogP) is 5.09. The second kappa shape index (κ2) is 7.45. The van der Waals surface area contributed by atoms with E-state index in [-0.39, 0.29) is 17.4 Å². The van der Waals surface area contributed by atoms with Gasteiger partial charge in [-0.15, -0.1) is 0 Å². The van der Waals surface area contributed by atoms with Gasteiger partial charge in [-0.25, -0.2) is 0 Å². The normalized spacial score (nSPS) is 45.1. The number of hydrogen-bond donors (Lipinski definition) is 2. The summed E-state index contributed by atoms with van der Waals surface area (Å²) in [6.07, 6.45) is 12.4. The number of fused-ring (bicyclic) bond motifs is 5. The van der Waals surface area contributed by atoms with Gasteiger partial charge in [-0.05, 0) is 92.3 Å². The number of hydrogen-bond acceptors (Lipinski definition) is 2. The lowest BCUT2D eigenvalue weighted by Crippen LogP contribution is -2.51. The van der Waals surface area contributed by atoms with Crippen LogP contribution in [0.4, 0.5) is 0 Å². The first-order valence-corrected chi connectivity index (χ1v) is 11.9. The number of aliphatic hydroxyl groups is 1. The van der Waals surface area contributed by atoms with E-state index in [1.165, 1.54) is 31.3 Å². The molecule has 3 fully saturated rings. The van der Waals surface area contributed by atoms with Gasteiger partial charge in [0.25, 0.3) is 0 Å². The summed E-state index contributed by atoms with van der Waals surface area (Å²) < 4.78 is 0. The maximum Gasteiger partial charge on any atom is 0.223 e. The van der Waals surface area contributed by atoms with Crippen molar-refractivity contribution in [1.29, 1.82) is 0 Å². The van der Waals surface area contributed by atoms with Crippen LogP contribution in [0.15, 0.2) is 11.6 Å². The molecule has 0 aromatic carbocycles. The molecule has 0 heterocycles. The number of nitrogens with one attached hydrogen (secondary N) is 1. The van der Waals surface area contributed by atoms with Crippen LogP contribution < -0.4 is 5.32 Å². The minimum Gasteiger partial charge on any atom is -0.393 e. The van der Waals surface area contributed by atoms with E-state index in [1.54, 1.807) is 0 Å². The monoisotopic (exact) mass is 387 g/mol. The van der Waals surface area contributed by atoms with E-state index >= 15 is 0 Å². The van der Waals surface area contributed by atoms with E-state index in [4.69, 9.17) is 0 Å². The number of carbonyl (C=O) groups is 1. The average Bonchev–Trinajstić information content (AvgIpc) is 2.99. The largest absolute Gasteiger partial charge is 0.393 e. The molecule has 4 aliphatic rings. The highest BCUT2D eigenvalue weighted by Gasteiger charge is 2.59. The molecule has 0 aliphatic heterocycles. The summed E-state index contributed by atoms with van der Waals surface area (Å²) in [6.45, 7) is 10.2. The van der Waals surface area contributed by atoms with Crippen LogP contribution >= 0.6 is 0 Å². The number of aliphatic hydroxyl groups excluding tert-OH is 1. The van der Waals surface area contributed by atoms with Crippen LogP contribution in [0.5, 0.6) is 0 Å². The molecule has 3 nitrogen and oxygen atoms in total. The molecule has 0 spiro atoms. The van der Waals surface area contributed by atoms with Crippen molar-refractivity contribution in [2.45, 2.75) is 91.6 Å². The molecule has 158 valence electrons. The van der Waals surface area contributed by atoms with Crippen molar-refractivity contribution in [1.82, 2.24) is 5.32 Å². The second-order valence-electron chi connectivity index (χ2n) is 11.3. The lowest BCUT2D eigenvalue weighted by atomic mass is 9.47. The molecule has 7 atom stereocenters. The van der Waals surface area contributed by atoms with Crippen molar-refractivity contribution in [2.75, 3.05) is 6.54 Å². The Hall–Kier alpha value is -0.830. The molecule has 3 heteroatoms. The van der Waals surface area contributed by atoms with E-state index < -0.39 is 0 Å². The zero-order chi connectivity index (χ0) is 20.1. The van der Waals surface area contributed by atoms with Crippen molar-refractivity contribution < 1.29 is 9.90 Å². The van der Waals surface area contributed by atoms with Crippen LogP contribution in [-0.2, 0) is 4.79 Å². The lowest BCUT2D eigenvalue weighted by molar-refractivity contribution is -0.131. The third kappa shape index (κ3) is 3.26. The van der Waals surface area contributed by atoms with Gasteiger partial charge in [-0.3, -0.25) is 4.79 Å². The van der Waals surface area contributed by atoms with Gasteiger partial charge >= 0.3 is 0 Å². The van der Waals surface area contributed by atoms with Gasteiger partial charge in [-0.2, -0.15) is 0 Å². The zero-order valence-corrected chi connectivity index (χ0v) is 18.5. The van der Waals surface area contributed by atoms with E-state index in [0.29, 0.717) is 23.2 Å². The Morgan fingerprint density at radius 2 is 1.96 bits per heavy atom. The fourth-order valence-electron chi connectivity index (χ4n) is 7.68. The SMILES string of the molecule is CC(C)CCNC(=O)[C@H]1CC[C@H]2[C@@H]3CC=C4C[C@@H](O)CC[C@]4(C)[C@H]3CC[C@]12C. The van der Waals surface area contributed by atoms with Crippen LogP contribution in [0.1, 0.15) is 85.5 Å². The molecule has 0 radical (unpaired) electrons. The summed E-state index contributed by atoms with van der Waals surface area (Å²) in [6, 6.07) is 0. The van der Waals surface area contributed by atoms with Gasteiger partial charge in [0.05, 0.1) is 6.10 Å². The van der Waals surface area contributed by atoms with Crippen LogP contribution in [0, 0.1) is 40.4 Å². The highest BCUT2D eigenvalue weighted by molar-refractivity contribution is 5.80. The first-order valence-electron chi connectivity index (χ1n) is 11.9. The summed E-state index contributed by atoms with van der Waals surface area (Å²) >= 11 is 0. The summed E-state index contributed by atoms with van der Waals surface area (Å²) in [5, 5.41) is 13.4. The lowest BCUT2D eigenvalue weighted by Gasteiger charge is -2.57. The van der Waals surface area contributed by atoms with Gasteiger partial charge < -0.3 is 10.4 Å². The smallest absolute Gasteiger partial charge is 0.223 e. The Morgan fingerprint density at radius 1 is 1.18 bits per heavy atom. The van der Waals surface area contributed by atoms with E-state index in [2.05, 4.69) is 39.1 Å². The van der Waals surface area contributed by atoms with Crippen molar-refractivity contribution in [3.63, 3.8) is 0 Å². The molecule has 0 unspecified atom stereocenters. The maximum absolute atomic E-state index is 13.0. The highest BCUT2D eigenvalue weighted by Crippen LogP contribution is 2.66. The van der Waals surface area contributed by atoms with Crippen LogP contribution in [0.3, 0.4) is 0 Å². The quantitative estimate of drug-likeness (QED) is 0.660. The number of carbonyl (C=O) groups excluding carboxylic acids is 1. The van der Waals surface area contributed by atoms with Gasteiger partial charge in [0.2, 0.25) is 5.91 Å². The van der Waals surface area contributed by atoms with Crippen molar-refractivity contribution in [3.8, 4) is 0 Å². The van der Waals surface area contributed by atoms with Crippen LogP contribution in [0.2, 0.25) is 0 Å². The van der Waals surface area contributed by atoms with Gasteiger partial charge in [-0.1, -0.05) is 39.3 Å². The molecule has 3 saturated carbocycles. The van der Waals surface area contributed by atoms with Crippen molar-refractivity contribution in [2.24, 2.45) is 40.4 Å². The molecule has 28 heavy (non-hydrogen) atoms. The fraction of sp³-hybridized carbons (Fsp3) is 0.880. The minimum absolute atomic E-state index is 0.130. The Labute approximate surface area is 171 Å². The summed E-state index contributed by atoms with van der Waals surface area (Å²) in [7, 11) is 0. The number of amides is 1. The molecular weight excluding hydrogens is 346 g/mol. The van der Waals surface area contributed by atoms with Crippen LogP contribution in [-0.4, -0.2) is 23.7 Å². The second-order valence-corrected chi connectivity index (χ2v) is 11.3. The van der Waals surface area contributed by atoms with E-state index in [1.807, 2.05) is 0 Å². The summed E-state index contributed by atoms with van der Waals surface area (Å²) in [5.41, 5.74) is 2.01. The number of rotatable bonds is 4. The fourth-order valence-corrected chi connectivity index (χ4v) is 7.68. The molecule has 0 aromatic heterocycles. The number of allylic oxidation sites excluding steroid dienone is 1. The summed E-state index contributed by atoms with van der Waals surface area (Å²) in [4.78, 5) is 13.0. The van der Waals surface area contributed by atoms with Gasteiger partial charge in [0.15, 0.2) is 0 Å². The topological polar surface area (TPSA) is 49.3 Å². The van der Waals surface area contributed by atoms with Gasteiger partial charge in [0, 0.05) is 12.5 Å². The molecule has 0 saturated heterocycles. The molecule has 0 aromatic rings. The molecular formula is C25H41NO2. The van der Waals surface area contributed by atoms with E-state index in [9.17, 15) is 9.90 Å². The predicted molar refractivity (Wildman–Crippen MR) is 114 cm³/mol. The zero-order valence-electron chi connectivity index (χ0n) is 18.5. The average molecular weight is 388 g/mol. The summed E-state index contributed by atoms with van der Waals surface area (Å²) in [5.74, 6) is 3.34. The minimum atomic E-state index is -0.130. The highest BCUT2D eigenvalue weighted by atomic mass is 16.3. The van der Waals surface area contributed by atoms with Crippen molar-refractivity contribution >= 4 is 5.91 Å². The Balaban J connectivity index is 1.50. The Kier molecular flexibility index (Phi) is 5.44. The molecule has 4 aliphatic carbocycles. The van der Waals surface area contributed by atoms with Gasteiger partial charge in [0.1, 0.15) is 0 Å². The molecule has 2 N–H and O–H groups in total. The maximum atomic E-state index is 13.0. The molecule has 0 bridgehead atoms. The first kappa shape index (κ1) is 20.4. The third-order valence-electron chi connectivity index (χ3n) is 9.42. The van der Waals surface area contributed by atoms with E-state index in [0.717, 1.165) is 50.5 Å². The van der Waals surface area contributed by atoms with Crippen molar-refractivity contribution in [3.05, 3.63) is 11.6 Å². The standard InChI is InChI=1S/C25H41NO2/c1-16(2)11-14-26-23(28)22-8-7-20-19-6-5-17-15-18(27)9-12-24(17,3)21(19)10-13-25(20,22)4/h5,16,18-22,27H,6-15H2,1-4H3,(H,26,28)/t18-,19-,20-,21-,22+,24-,25-/m0/s1. The first-order chi connectivity index (χ1) is 13.3. The van der Waals surface area contributed by atoms with Crippen LogP contribution in [0.25, 0.3) is 0 Å². The Bertz CT molecular complexity index is 640.